The Bertz CT molecular complexity index is 155. The molecule has 0 aromatic heterocycles. The van der Waals surface area contributed by atoms with Crippen molar-refractivity contribution in [1.82, 2.24) is 0 Å². The van der Waals surface area contributed by atoms with Gasteiger partial charge in [0.2, 0.25) is 0 Å². The number of carbonyl (C=O) groups is 2. The van der Waals surface area contributed by atoms with Gasteiger partial charge in [-0.1, -0.05) is 0 Å². The van der Waals surface area contributed by atoms with E-state index in [1.165, 1.54) is 11.8 Å². The predicted molar refractivity (Wildman–Crippen MR) is 59.4 cm³/mol. The maximum atomic E-state index is 10.6. The third kappa shape index (κ3) is 7.10. The lowest BCUT2D eigenvalue weighted by molar-refractivity contribution is -0.109. The molecular formula is C8H15NO2S2. The fourth-order valence-corrected chi connectivity index (χ4v) is 2.20. The van der Waals surface area contributed by atoms with E-state index in [9.17, 15) is 9.59 Å². The Morgan fingerprint density at radius 1 is 1.46 bits per heavy atom. The molecule has 0 spiro atoms. The SMILES string of the molecule is NCCSC(C=O)CC(S)CC=O. The van der Waals surface area contributed by atoms with Crippen molar-refractivity contribution in [3.63, 3.8) is 0 Å². The molecule has 76 valence electrons. The molecule has 0 radical (unpaired) electrons. The van der Waals surface area contributed by atoms with Crippen LogP contribution in [0.3, 0.4) is 0 Å². The third-order valence-corrected chi connectivity index (χ3v) is 3.10. The first-order valence-electron chi connectivity index (χ1n) is 4.13. The molecule has 13 heavy (non-hydrogen) atoms. The van der Waals surface area contributed by atoms with Gasteiger partial charge in [-0.25, -0.2) is 0 Å². The first-order chi connectivity index (χ1) is 6.24. The van der Waals surface area contributed by atoms with E-state index in [0.717, 1.165) is 18.3 Å². The zero-order chi connectivity index (χ0) is 10.1. The Kier molecular flexibility index (Phi) is 8.59. The van der Waals surface area contributed by atoms with Gasteiger partial charge >= 0.3 is 0 Å². The standard InChI is InChI=1S/C8H15NO2S2/c9-2-4-13-8(6-11)5-7(12)1-3-10/h3,6-8,12H,1-2,4-5,9H2. The van der Waals surface area contributed by atoms with E-state index in [4.69, 9.17) is 5.73 Å². The van der Waals surface area contributed by atoms with Crippen molar-refractivity contribution in [1.29, 1.82) is 0 Å². The first kappa shape index (κ1) is 13.0. The Balaban J connectivity index is 3.68. The van der Waals surface area contributed by atoms with Gasteiger partial charge in [0.15, 0.2) is 0 Å². The Morgan fingerprint density at radius 2 is 2.15 bits per heavy atom. The Hall–Kier alpha value is -0.0000000000000000555. The van der Waals surface area contributed by atoms with Gasteiger partial charge in [0.1, 0.15) is 12.6 Å². The summed E-state index contributed by atoms with van der Waals surface area (Å²) in [5, 5.41) is -0.0935. The van der Waals surface area contributed by atoms with E-state index in [1.54, 1.807) is 0 Å². The van der Waals surface area contributed by atoms with Gasteiger partial charge in [0, 0.05) is 24.0 Å². The number of rotatable bonds is 8. The van der Waals surface area contributed by atoms with Crippen LogP contribution in [0.25, 0.3) is 0 Å². The van der Waals surface area contributed by atoms with Crippen LogP contribution in [-0.4, -0.2) is 35.4 Å². The second-order valence-corrected chi connectivity index (χ2v) is 4.70. The van der Waals surface area contributed by atoms with Gasteiger partial charge in [-0.05, 0) is 6.42 Å². The molecule has 0 fully saturated rings. The molecule has 0 aromatic carbocycles. The highest BCUT2D eigenvalue weighted by Crippen LogP contribution is 2.17. The van der Waals surface area contributed by atoms with Crippen molar-refractivity contribution in [2.24, 2.45) is 5.73 Å². The van der Waals surface area contributed by atoms with E-state index >= 15 is 0 Å². The van der Waals surface area contributed by atoms with Crippen LogP contribution in [0.15, 0.2) is 0 Å². The highest BCUT2D eigenvalue weighted by atomic mass is 32.2. The van der Waals surface area contributed by atoms with Crippen LogP contribution in [-0.2, 0) is 9.59 Å². The molecule has 0 rings (SSSR count). The number of hydrogen-bond acceptors (Lipinski definition) is 5. The minimum Gasteiger partial charge on any atom is -0.330 e. The molecule has 0 saturated carbocycles. The molecule has 5 heteroatoms. The van der Waals surface area contributed by atoms with Crippen LogP contribution in [0.5, 0.6) is 0 Å². The molecule has 0 amide bonds. The minimum atomic E-state index is -0.0778. The van der Waals surface area contributed by atoms with E-state index in [0.29, 0.717) is 19.4 Å². The summed E-state index contributed by atoms with van der Waals surface area (Å²) in [5.41, 5.74) is 5.31. The molecule has 0 aromatic rings. The van der Waals surface area contributed by atoms with Crippen LogP contribution in [0, 0.1) is 0 Å². The van der Waals surface area contributed by atoms with E-state index in [2.05, 4.69) is 12.6 Å². The van der Waals surface area contributed by atoms with Gasteiger partial charge in [0.05, 0.1) is 5.25 Å². The zero-order valence-corrected chi connectivity index (χ0v) is 9.10. The second kappa shape index (κ2) is 8.59. The number of carbonyl (C=O) groups excluding carboxylic acids is 2. The normalized spacial score (nSPS) is 14.9. The van der Waals surface area contributed by atoms with Gasteiger partial charge in [-0.3, -0.25) is 0 Å². The average Bonchev–Trinajstić information content (AvgIpc) is 2.12. The number of aldehydes is 2. The summed E-state index contributed by atoms with van der Waals surface area (Å²) in [6, 6.07) is 0. The van der Waals surface area contributed by atoms with Crippen molar-refractivity contribution in [2.75, 3.05) is 12.3 Å². The van der Waals surface area contributed by atoms with Crippen molar-refractivity contribution in [3.05, 3.63) is 0 Å². The molecule has 0 bridgehead atoms. The molecule has 0 aliphatic rings. The maximum Gasteiger partial charge on any atom is 0.132 e. The summed E-state index contributed by atoms with van der Waals surface area (Å²) >= 11 is 5.71. The minimum absolute atomic E-state index is 0.0158. The highest BCUT2D eigenvalue weighted by molar-refractivity contribution is 8.00. The molecule has 2 unspecified atom stereocenters. The lowest BCUT2D eigenvalue weighted by atomic mass is 10.2. The quantitative estimate of drug-likeness (QED) is 0.463. The molecule has 0 heterocycles. The molecule has 3 nitrogen and oxygen atoms in total. The number of thiol groups is 1. The first-order valence-corrected chi connectivity index (χ1v) is 5.69. The average molecular weight is 221 g/mol. The van der Waals surface area contributed by atoms with Gasteiger partial charge in [-0.15, -0.1) is 11.8 Å². The van der Waals surface area contributed by atoms with Gasteiger partial charge < -0.3 is 15.3 Å². The monoisotopic (exact) mass is 221 g/mol. The molecule has 2 atom stereocenters. The fourth-order valence-electron chi connectivity index (χ4n) is 0.858. The summed E-state index contributed by atoms with van der Waals surface area (Å²) in [7, 11) is 0. The topological polar surface area (TPSA) is 60.2 Å². The van der Waals surface area contributed by atoms with Crippen LogP contribution < -0.4 is 5.73 Å². The van der Waals surface area contributed by atoms with Gasteiger partial charge in [-0.2, -0.15) is 12.6 Å². The molecule has 0 aliphatic heterocycles. The van der Waals surface area contributed by atoms with Crippen molar-refractivity contribution in [3.8, 4) is 0 Å². The number of hydrogen-bond donors (Lipinski definition) is 2. The summed E-state index contributed by atoms with van der Waals surface area (Å²) in [4.78, 5) is 20.7. The van der Waals surface area contributed by atoms with Gasteiger partial charge in [0.25, 0.3) is 0 Å². The fraction of sp³-hybridized carbons (Fsp3) is 0.750. The maximum absolute atomic E-state index is 10.6. The lowest BCUT2D eigenvalue weighted by Gasteiger charge is -2.12. The highest BCUT2D eigenvalue weighted by Gasteiger charge is 2.12. The Labute approximate surface area is 88.2 Å². The van der Waals surface area contributed by atoms with Crippen molar-refractivity contribution >= 4 is 37.0 Å². The van der Waals surface area contributed by atoms with Crippen LogP contribution in [0.2, 0.25) is 0 Å². The van der Waals surface area contributed by atoms with E-state index in [-0.39, 0.29) is 10.5 Å². The summed E-state index contributed by atoms with van der Waals surface area (Å²) < 4.78 is 0. The van der Waals surface area contributed by atoms with Crippen LogP contribution in [0.1, 0.15) is 12.8 Å². The summed E-state index contributed by atoms with van der Waals surface area (Å²) in [5.74, 6) is 0.769. The van der Waals surface area contributed by atoms with Crippen LogP contribution in [0.4, 0.5) is 0 Å². The third-order valence-electron chi connectivity index (χ3n) is 1.47. The molecule has 0 aliphatic carbocycles. The zero-order valence-electron chi connectivity index (χ0n) is 7.39. The predicted octanol–water partition coefficient (Wildman–Crippen LogP) is 0.523. The van der Waals surface area contributed by atoms with E-state index < -0.39 is 0 Å². The summed E-state index contributed by atoms with van der Waals surface area (Å²) in [6.45, 7) is 0.569. The largest absolute Gasteiger partial charge is 0.330 e. The van der Waals surface area contributed by atoms with Crippen LogP contribution >= 0.6 is 24.4 Å². The van der Waals surface area contributed by atoms with E-state index in [1.807, 2.05) is 0 Å². The number of thioether (sulfide) groups is 1. The summed E-state index contributed by atoms with van der Waals surface area (Å²) in [6.07, 6.45) is 2.76. The number of nitrogens with two attached hydrogens (primary N) is 1. The lowest BCUT2D eigenvalue weighted by Crippen LogP contribution is -2.15. The van der Waals surface area contributed by atoms with Crippen molar-refractivity contribution < 1.29 is 9.59 Å². The Morgan fingerprint density at radius 3 is 2.62 bits per heavy atom. The molecular weight excluding hydrogens is 206 g/mol. The molecule has 0 saturated heterocycles. The second-order valence-electron chi connectivity index (χ2n) is 2.63. The smallest absolute Gasteiger partial charge is 0.132 e. The molecule has 2 N–H and O–H groups in total. The van der Waals surface area contributed by atoms with Crippen molar-refractivity contribution in [2.45, 2.75) is 23.3 Å².